The van der Waals surface area contributed by atoms with Gasteiger partial charge in [0.1, 0.15) is 5.88 Å². The maximum absolute atomic E-state index is 12.6. The number of nitrogens with zero attached hydrogens (tertiary/aromatic N) is 2. The average molecular weight is 393 g/mol. The molecule has 4 rings (SSSR count). The van der Waals surface area contributed by atoms with Gasteiger partial charge in [-0.15, -0.1) is 11.6 Å². The molecule has 0 saturated heterocycles. The number of alkyl halides is 1. The molecular formula is C24H25ClN2O. The van der Waals surface area contributed by atoms with Gasteiger partial charge in [-0.05, 0) is 55.9 Å². The van der Waals surface area contributed by atoms with Crippen LogP contribution in [0, 0.1) is 19.8 Å². The molecule has 1 amide bonds. The Morgan fingerprint density at radius 2 is 1.75 bits per heavy atom. The van der Waals surface area contributed by atoms with Gasteiger partial charge in [0.05, 0.1) is 11.8 Å². The van der Waals surface area contributed by atoms with Crippen LogP contribution in [-0.2, 0) is 4.79 Å². The zero-order valence-corrected chi connectivity index (χ0v) is 17.1. The van der Waals surface area contributed by atoms with Gasteiger partial charge in [-0.1, -0.05) is 59.7 Å². The Morgan fingerprint density at radius 3 is 2.39 bits per heavy atom. The fourth-order valence-corrected chi connectivity index (χ4v) is 4.35. The molecule has 2 aliphatic rings. The van der Waals surface area contributed by atoms with E-state index in [0.717, 1.165) is 30.5 Å². The molecule has 0 radical (unpaired) electrons. The van der Waals surface area contributed by atoms with Gasteiger partial charge < -0.3 is 0 Å². The highest BCUT2D eigenvalue weighted by Gasteiger charge is 2.43. The number of hydrogen-bond acceptors (Lipinski definition) is 2. The summed E-state index contributed by atoms with van der Waals surface area (Å²) in [6, 6.07) is 16.9. The Kier molecular flexibility index (Phi) is 5.36. The molecule has 1 fully saturated rings. The van der Waals surface area contributed by atoms with Crippen LogP contribution in [0.1, 0.15) is 47.6 Å². The maximum atomic E-state index is 12.6. The van der Waals surface area contributed by atoms with E-state index in [-0.39, 0.29) is 23.7 Å². The first-order chi connectivity index (χ1) is 13.6. The summed E-state index contributed by atoms with van der Waals surface area (Å²) in [5.41, 5.74) is 7.06. The number of carbonyl (C=O) groups excluding carboxylic acids is 1. The van der Waals surface area contributed by atoms with Crippen LogP contribution >= 0.6 is 11.6 Å². The summed E-state index contributed by atoms with van der Waals surface area (Å²) in [7, 11) is 0. The number of hydrogen-bond donors (Lipinski definition) is 0. The highest BCUT2D eigenvalue weighted by Crippen LogP contribution is 2.44. The van der Waals surface area contributed by atoms with Gasteiger partial charge in [0, 0.05) is 5.92 Å². The molecule has 4 heteroatoms. The molecule has 2 aromatic rings. The Balaban J connectivity index is 1.73. The van der Waals surface area contributed by atoms with Crippen molar-refractivity contribution >= 4 is 29.3 Å². The number of allylic oxidation sites excluding steroid dienone is 1. The van der Waals surface area contributed by atoms with E-state index in [4.69, 9.17) is 16.7 Å². The number of halogens is 1. The van der Waals surface area contributed by atoms with Crippen molar-refractivity contribution in [2.75, 3.05) is 5.88 Å². The lowest BCUT2D eigenvalue weighted by Gasteiger charge is -2.29. The number of fused-ring (bicyclic) bond motifs is 1. The van der Waals surface area contributed by atoms with Crippen LogP contribution in [0.15, 0.2) is 59.2 Å². The second-order valence-electron chi connectivity index (χ2n) is 7.79. The summed E-state index contributed by atoms with van der Waals surface area (Å²) in [6.45, 7) is 4.17. The summed E-state index contributed by atoms with van der Waals surface area (Å²) in [5, 5.41) is 6.43. The minimum absolute atomic E-state index is 0.0527. The molecule has 1 heterocycles. The van der Waals surface area contributed by atoms with E-state index in [2.05, 4.69) is 68.5 Å². The first-order valence-electron chi connectivity index (χ1n) is 9.87. The number of aryl methyl sites for hydroxylation is 2. The van der Waals surface area contributed by atoms with E-state index in [1.54, 1.807) is 5.01 Å². The largest absolute Gasteiger partial charge is 0.272 e. The van der Waals surface area contributed by atoms with Gasteiger partial charge in [0.25, 0.3) is 5.91 Å². The van der Waals surface area contributed by atoms with Crippen LogP contribution in [0.2, 0.25) is 0 Å². The van der Waals surface area contributed by atoms with Gasteiger partial charge in [0.2, 0.25) is 0 Å². The van der Waals surface area contributed by atoms with E-state index >= 15 is 0 Å². The molecule has 1 saturated carbocycles. The van der Waals surface area contributed by atoms with Crippen LogP contribution in [0.4, 0.5) is 0 Å². The molecule has 1 aliphatic carbocycles. The van der Waals surface area contributed by atoms with Crippen LogP contribution in [0.25, 0.3) is 6.08 Å². The highest BCUT2D eigenvalue weighted by atomic mass is 35.5. The molecule has 0 N–H and O–H groups in total. The van der Waals surface area contributed by atoms with Gasteiger partial charge in [0.15, 0.2) is 0 Å². The molecule has 1 aliphatic heterocycles. The maximum Gasteiger partial charge on any atom is 0.258 e. The topological polar surface area (TPSA) is 32.7 Å². The van der Waals surface area contributed by atoms with Crippen LogP contribution in [0.5, 0.6) is 0 Å². The number of hydrazone groups is 1. The summed E-state index contributed by atoms with van der Waals surface area (Å²) in [6.07, 6.45) is 5.36. The van der Waals surface area contributed by atoms with Crippen molar-refractivity contribution in [3.8, 4) is 0 Å². The van der Waals surface area contributed by atoms with Gasteiger partial charge in [-0.3, -0.25) is 4.79 Å². The van der Waals surface area contributed by atoms with Crippen molar-refractivity contribution < 1.29 is 4.79 Å². The number of benzene rings is 2. The molecular weight excluding hydrogens is 368 g/mol. The smallest absolute Gasteiger partial charge is 0.258 e. The molecule has 144 valence electrons. The minimum Gasteiger partial charge on any atom is -0.272 e. The number of carbonyl (C=O) groups is 1. The SMILES string of the molecule is Cc1ccc(/C=C2\CCCC3C2=NN(C(=O)CCl)C3c2ccc(C)cc2)cc1. The van der Waals surface area contributed by atoms with Crippen molar-refractivity contribution in [3.63, 3.8) is 0 Å². The molecule has 2 unspecified atom stereocenters. The summed E-state index contributed by atoms with van der Waals surface area (Å²) >= 11 is 5.91. The molecule has 2 aromatic carbocycles. The fraction of sp³-hybridized carbons (Fsp3) is 0.333. The highest BCUT2D eigenvalue weighted by molar-refractivity contribution is 6.27. The Bertz CT molecular complexity index is 928. The van der Waals surface area contributed by atoms with Crippen LogP contribution in [0.3, 0.4) is 0 Å². The minimum atomic E-state index is -0.135. The van der Waals surface area contributed by atoms with E-state index in [1.165, 1.54) is 22.3 Å². The summed E-state index contributed by atoms with van der Waals surface area (Å²) < 4.78 is 0. The normalized spacial score (nSPS) is 22.9. The predicted octanol–water partition coefficient (Wildman–Crippen LogP) is 5.67. The van der Waals surface area contributed by atoms with E-state index < -0.39 is 0 Å². The molecule has 0 aromatic heterocycles. The van der Waals surface area contributed by atoms with Gasteiger partial charge >= 0.3 is 0 Å². The van der Waals surface area contributed by atoms with Crippen LogP contribution < -0.4 is 0 Å². The third-order valence-electron chi connectivity index (χ3n) is 5.71. The van der Waals surface area contributed by atoms with Gasteiger partial charge in [-0.25, -0.2) is 5.01 Å². The van der Waals surface area contributed by atoms with Crippen molar-refractivity contribution in [2.45, 2.75) is 39.2 Å². The summed E-state index contributed by atoms with van der Waals surface area (Å²) in [5.74, 6) is 0.0345. The van der Waals surface area contributed by atoms with Crippen molar-refractivity contribution in [1.29, 1.82) is 0 Å². The molecule has 0 bridgehead atoms. The van der Waals surface area contributed by atoms with Crippen LogP contribution in [-0.4, -0.2) is 22.5 Å². The zero-order chi connectivity index (χ0) is 19.7. The first-order valence-corrected chi connectivity index (χ1v) is 10.4. The Morgan fingerprint density at radius 1 is 1.11 bits per heavy atom. The quantitative estimate of drug-likeness (QED) is 0.620. The summed E-state index contributed by atoms with van der Waals surface area (Å²) in [4.78, 5) is 12.6. The molecule has 0 spiro atoms. The third-order valence-corrected chi connectivity index (χ3v) is 5.94. The second-order valence-corrected chi connectivity index (χ2v) is 8.06. The van der Waals surface area contributed by atoms with Gasteiger partial charge in [-0.2, -0.15) is 5.10 Å². The lowest BCUT2D eigenvalue weighted by Crippen LogP contribution is -2.32. The van der Waals surface area contributed by atoms with E-state index in [9.17, 15) is 4.79 Å². The monoisotopic (exact) mass is 392 g/mol. The lowest BCUT2D eigenvalue weighted by molar-refractivity contribution is -0.130. The lowest BCUT2D eigenvalue weighted by atomic mass is 9.77. The molecule has 3 nitrogen and oxygen atoms in total. The standard InChI is InChI=1S/C24H25ClN2O/c1-16-6-10-18(11-7-16)14-20-4-3-5-21-23(20)26-27(22(28)15-25)24(21)19-12-8-17(2)9-13-19/h6-14,21,24H,3-5,15H2,1-2H3/b20-14+. The predicted molar refractivity (Wildman–Crippen MR) is 115 cm³/mol. The first kappa shape index (κ1) is 18.9. The van der Waals surface area contributed by atoms with E-state index in [1.807, 2.05) is 0 Å². The van der Waals surface area contributed by atoms with E-state index in [0.29, 0.717) is 0 Å². The van der Waals surface area contributed by atoms with Crippen molar-refractivity contribution in [1.82, 2.24) is 5.01 Å². The third kappa shape index (κ3) is 3.64. The Hall–Kier alpha value is -2.39. The average Bonchev–Trinajstić information content (AvgIpc) is 3.10. The fourth-order valence-electron chi connectivity index (χ4n) is 4.23. The number of rotatable bonds is 3. The molecule has 2 atom stereocenters. The zero-order valence-electron chi connectivity index (χ0n) is 16.4. The second kappa shape index (κ2) is 7.92. The number of amides is 1. The van der Waals surface area contributed by atoms with Crippen molar-refractivity contribution in [3.05, 3.63) is 76.4 Å². The van der Waals surface area contributed by atoms with Crippen molar-refractivity contribution in [2.24, 2.45) is 11.0 Å². The Labute approximate surface area is 171 Å². The molecule has 28 heavy (non-hydrogen) atoms.